The molecule has 5 nitrogen and oxygen atoms in total. The van der Waals surface area contributed by atoms with E-state index >= 15 is 0 Å². The van der Waals surface area contributed by atoms with Crippen molar-refractivity contribution in [1.29, 1.82) is 0 Å². The van der Waals surface area contributed by atoms with Crippen LogP contribution in [0, 0.1) is 54.0 Å². The van der Waals surface area contributed by atoms with Crippen LogP contribution in [-0.2, 0) is 3.63 Å². The van der Waals surface area contributed by atoms with Crippen LogP contribution >= 0.6 is 24.1 Å². The van der Waals surface area contributed by atoms with Crippen LogP contribution in [0.15, 0.2) is 70.5 Å². The van der Waals surface area contributed by atoms with Crippen LogP contribution in [0.2, 0.25) is 0 Å². The third-order valence-electron chi connectivity index (χ3n) is 6.67. The molecule has 0 spiro atoms. The zero-order chi connectivity index (χ0) is 28.1. The summed E-state index contributed by atoms with van der Waals surface area (Å²) in [6, 6.07) is 18.8. The van der Waals surface area contributed by atoms with Crippen molar-refractivity contribution >= 4 is 46.8 Å². The number of hydrogen-bond donors (Lipinski definition) is 0. The quantitative estimate of drug-likeness (QED) is 0.179. The smallest absolute Gasteiger partial charge is 0.198 e. The molecule has 0 bridgehead atoms. The van der Waals surface area contributed by atoms with Crippen molar-refractivity contribution in [3.8, 4) is 22.3 Å². The Morgan fingerprint density at radius 1 is 0.487 bits per heavy atom. The van der Waals surface area contributed by atoms with E-state index in [-0.39, 0.29) is 0 Å². The Morgan fingerprint density at radius 2 is 0.897 bits per heavy atom. The first kappa shape index (κ1) is 27.5. The molecule has 0 aliphatic rings. The Hall–Kier alpha value is -4.50. The lowest BCUT2D eigenvalue weighted by Crippen LogP contribution is -1.89. The van der Waals surface area contributed by atoms with Crippen LogP contribution in [-0.4, -0.2) is 0 Å². The summed E-state index contributed by atoms with van der Waals surface area (Å²) in [5.74, 6) is 0. The van der Waals surface area contributed by atoms with Gasteiger partial charge in [0.1, 0.15) is 0 Å². The third-order valence-corrected chi connectivity index (χ3v) is 8.45. The molecule has 7 heteroatoms. The first-order valence-corrected chi connectivity index (χ1v) is 13.3. The Labute approximate surface area is 238 Å². The molecule has 0 aliphatic heterocycles. The lowest BCUT2D eigenvalue weighted by molar-refractivity contribution is 0.755. The summed E-state index contributed by atoms with van der Waals surface area (Å²) in [5, 5.41) is 0. The molecule has 0 fully saturated rings. The van der Waals surface area contributed by atoms with Gasteiger partial charge in [0.2, 0.25) is 0 Å². The normalized spacial score (nSPS) is 10.3. The first-order valence-electron chi connectivity index (χ1n) is 11.8. The third kappa shape index (κ3) is 5.26. The van der Waals surface area contributed by atoms with Gasteiger partial charge in [-0.15, -0.1) is 0 Å². The number of benzene rings is 4. The van der Waals surface area contributed by atoms with E-state index in [9.17, 15) is 0 Å². The summed E-state index contributed by atoms with van der Waals surface area (Å²) in [4.78, 5) is 16.4. The van der Waals surface area contributed by atoms with Gasteiger partial charge in [-0.25, -0.2) is 23.0 Å². The zero-order valence-corrected chi connectivity index (χ0v) is 23.4. The van der Waals surface area contributed by atoms with E-state index in [1.54, 1.807) is 12.1 Å². The van der Waals surface area contributed by atoms with Crippen LogP contribution < -0.4 is 0 Å². The molecular weight excluding hydrogens is 521 g/mol. The van der Waals surface area contributed by atoms with Crippen LogP contribution in [0.25, 0.3) is 41.6 Å². The van der Waals surface area contributed by atoms with Crippen molar-refractivity contribution in [2.45, 2.75) is 37.5 Å². The highest BCUT2D eigenvalue weighted by atomic mass is 32.2. The molecule has 0 saturated carbocycles. The van der Waals surface area contributed by atoms with E-state index < -0.39 is 0 Å². The fraction of sp³-hybridized carbons (Fsp3) is 0.125. The Kier molecular flexibility index (Phi) is 8.41. The van der Waals surface area contributed by atoms with E-state index in [1.807, 2.05) is 76.2 Å². The minimum absolute atomic E-state index is 0.534. The molecule has 0 saturated heterocycles. The molecule has 0 aromatic heterocycles. The predicted molar refractivity (Wildman–Crippen MR) is 161 cm³/mol. The molecule has 39 heavy (non-hydrogen) atoms. The van der Waals surface area contributed by atoms with Gasteiger partial charge in [-0.3, -0.25) is 0 Å². The molecular formula is C32H22N4OS2. The highest BCUT2D eigenvalue weighted by molar-refractivity contribution is 8.08. The maximum Gasteiger partial charge on any atom is 0.198 e. The number of nitrogens with zero attached hydrogens (tertiary/aromatic N) is 4. The summed E-state index contributed by atoms with van der Waals surface area (Å²) in [6.45, 7) is 38.1. The summed E-state index contributed by atoms with van der Waals surface area (Å²) < 4.78 is 5.93. The molecule has 0 amide bonds. The number of rotatable bonds is 6. The zero-order valence-electron chi connectivity index (χ0n) is 21.8. The average molecular weight is 543 g/mol. The molecule has 4 aromatic carbocycles. The summed E-state index contributed by atoms with van der Waals surface area (Å²) in [7, 11) is 0. The molecule has 188 valence electrons. The van der Waals surface area contributed by atoms with E-state index in [1.165, 1.54) is 24.1 Å². The van der Waals surface area contributed by atoms with Crippen molar-refractivity contribution in [3.05, 3.63) is 129 Å². The predicted octanol–water partition coefficient (Wildman–Crippen LogP) is 11.2. The molecule has 0 N–H and O–H groups in total. The lowest BCUT2D eigenvalue weighted by Gasteiger charge is -2.15. The maximum absolute atomic E-state index is 7.82. The Morgan fingerprint density at radius 3 is 1.26 bits per heavy atom. The minimum atomic E-state index is 0.534. The maximum atomic E-state index is 7.82. The fourth-order valence-electron chi connectivity index (χ4n) is 4.43. The van der Waals surface area contributed by atoms with Gasteiger partial charge in [0, 0.05) is 33.9 Å². The standard InChI is InChI=1S/C32H22N4OS2/c1-19-23(11-9-13-27(19)33-5)25-15-17-29(21(3)31(25)35-7)38-37-39-30-18-16-26(32(36-8)22(30)4)24-12-10-14-28(34-6)20(24)2/h9-18H,1-4H3. The summed E-state index contributed by atoms with van der Waals surface area (Å²) >= 11 is 2.36. The topological polar surface area (TPSA) is 26.7 Å². The van der Waals surface area contributed by atoms with Gasteiger partial charge in [0.05, 0.1) is 26.3 Å². The van der Waals surface area contributed by atoms with Crippen LogP contribution in [0.4, 0.5) is 22.7 Å². The molecule has 0 radical (unpaired) electrons. The molecule has 0 unspecified atom stereocenters. The molecule has 4 aromatic rings. The van der Waals surface area contributed by atoms with Gasteiger partial charge in [-0.05, 0) is 84.3 Å². The second-order valence-corrected chi connectivity index (χ2v) is 10.5. The van der Waals surface area contributed by atoms with Gasteiger partial charge < -0.3 is 0 Å². The van der Waals surface area contributed by atoms with Gasteiger partial charge in [0.25, 0.3) is 0 Å². The van der Waals surface area contributed by atoms with Gasteiger partial charge in [-0.1, -0.05) is 48.5 Å². The highest BCUT2D eigenvalue weighted by Crippen LogP contribution is 2.45. The Bertz CT molecular complexity index is 1650. The van der Waals surface area contributed by atoms with Crippen molar-refractivity contribution < 1.29 is 3.63 Å². The number of hydrogen-bond acceptors (Lipinski definition) is 3. The van der Waals surface area contributed by atoms with E-state index in [4.69, 9.17) is 29.9 Å². The molecule has 4 rings (SSSR count). The SMILES string of the molecule is [C-]#[N+]c1cccc(-c2ccc(SOSc3ccc(-c4cccc([N+]#[C-])c4C)c([N+]#[C-])c3C)c(C)c2[N+]#[C-])c1C. The van der Waals surface area contributed by atoms with Crippen molar-refractivity contribution in [3.63, 3.8) is 0 Å². The minimum Gasteiger partial charge on any atom is -0.238 e. The largest absolute Gasteiger partial charge is 0.238 e. The highest BCUT2D eigenvalue weighted by Gasteiger charge is 2.18. The van der Waals surface area contributed by atoms with E-state index in [0.29, 0.717) is 22.7 Å². The molecule has 0 aliphatic carbocycles. The fourth-order valence-corrected chi connectivity index (χ4v) is 5.84. The lowest BCUT2D eigenvalue weighted by atomic mass is 9.96. The second kappa shape index (κ2) is 11.9. The van der Waals surface area contributed by atoms with Gasteiger partial charge in [-0.2, -0.15) is 0 Å². The summed E-state index contributed by atoms with van der Waals surface area (Å²) in [6.07, 6.45) is 0. The summed E-state index contributed by atoms with van der Waals surface area (Å²) in [5.41, 5.74) is 8.91. The van der Waals surface area contributed by atoms with Crippen LogP contribution in [0.3, 0.4) is 0 Å². The van der Waals surface area contributed by atoms with Crippen LogP contribution in [0.1, 0.15) is 22.3 Å². The average Bonchev–Trinajstić information content (AvgIpc) is 2.95. The van der Waals surface area contributed by atoms with Gasteiger partial charge >= 0.3 is 0 Å². The monoisotopic (exact) mass is 542 g/mol. The van der Waals surface area contributed by atoms with E-state index in [2.05, 4.69) is 19.4 Å². The molecule has 0 heterocycles. The Balaban J connectivity index is 1.59. The van der Waals surface area contributed by atoms with E-state index in [0.717, 1.165) is 54.3 Å². The van der Waals surface area contributed by atoms with Crippen molar-refractivity contribution in [2.75, 3.05) is 0 Å². The molecule has 0 atom stereocenters. The second-order valence-electron chi connectivity index (χ2n) is 8.75. The van der Waals surface area contributed by atoms with Crippen molar-refractivity contribution in [2.24, 2.45) is 0 Å². The van der Waals surface area contributed by atoms with Crippen LogP contribution in [0.5, 0.6) is 0 Å². The van der Waals surface area contributed by atoms with Crippen molar-refractivity contribution in [1.82, 2.24) is 0 Å². The first-order chi connectivity index (χ1) is 18.9. The van der Waals surface area contributed by atoms with Gasteiger partial charge in [0.15, 0.2) is 22.7 Å².